The Hall–Kier alpha value is -2.56. The number of rotatable bonds is 5. The van der Waals surface area contributed by atoms with Crippen molar-refractivity contribution in [1.29, 1.82) is 0 Å². The molecule has 1 aromatic carbocycles. The first-order valence-electron chi connectivity index (χ1n) is 7.13. The fourth-order valence-electron chi connectivity index (χ4n) is 2.34. The third-order valence-electron chi connectivity index (χ3n) is 3.59. The van der Waals surface area contributed by atoms with E-state index in [1.807, 2.05) is 35.5 Å². The van der Waals surface area contributed by atoms with Crippen LogP contribution < -0.4 is 5.73 Å². The van der Waals surface area contributed by atoms with Crippen molar-refractivity contribution in [3.63, 3.8) is 0 Å². The topological polar surface area (TPSA) is 61.7 Å². The predicted octanol–water partition coefficient (Wildman–Crippen LogP) is 2.59. The average molecular weight is 281 g/mol. The highest BCUT2D eigenvalue weighted by Gasteiger charge is 2.07. The molecule has 2 aromatic heterocycles. The summed E-state index contributed by atoms with van der Waals surface area (Å²) in [6, 6.07) is 8.02. The minimum atomic E-state index is 0.800. The number of aryl methyl sites for hydroxylation is 3. The zero-order valence-corrected chi connectivity index (χ0v) is 12.1. The SMILES string of the molecule is CCn1cc(-c2cncn2CCc2ccc(N)cc2)cn1. The van der Waals surface area contributed by atoms with Crippen LogP contribution in [0.1, 0.15) is 12.5 Å². The molecule has 3 rings (SSSR count). The first kappa shape index (κ1) is 13.4. The predicted molar refractivity (Wildman–Crippen MR) is 83.7 cm³/mol. The minimum absolute atomic E-state index is 0.800. The third kappa shape index (κ3) is 2.97. The van der Waals surface area contributed by atoms with Gasteiger partial charge in [-0.3, -0.25) is 4.68 Å². The van der Waals surface area contributed by atoms with E-state index < -0.39 is 0 Å². The molecule has 0 aliphatic carbocycles. The van der Waals surface area contributed by atoms with E-state index in [9.17, 15) is 0 Å². The molecule has 0 saturated heterocycles. The van der Waals surface area contributed by atoms with Gasteiger partial charge in [0.25, 0.3) is 0 Å². The zero-order valence-electron chi connectivity index (χ0n) is 12.1. The standard InChI is InChI=1S/C16H19N5/c1-2-21-11-14(9-19-21)16-10-18-12-20(16)8-7-13-3-5-15(17)6-4-13/h3-6,9-12H,2,7-8,17H2,1H3. The quantitative estimate of drug-likeness (QED) is 0.731. The number of imidazole rings is 1. The van der Waals surface area contributed by atoms with E-state index in [1.165, 1.54) is 5.56 Å². The van der Waals surface area contributed by atoms with Gasteiger partial charge in [0, 0.05) is 30.5 Å². The molecule has 0 spiro atoms. The zero-order chi connectivity index (χ0) is 14.7. The summed E-state index contributed by atoms with van der Waals surface area (Å²) in [7, 11) is 0. The van der Waals surface area contributed by atoms with Crippen molar-refractivity contribution in [2.45, 2.75) is 26.4 Å². The molecule has 3 aromatic rings. The smallest absolute Gasteiger partial charge is 0.0951 e. The molecule has 0 aliphatic rings. The van der Waals surface area contributed by atoms with Crippen LogP contribution in [0, 0.1) is 0 Å². The maximum absolute atomic E-state index is 5.71. The molecule has 0 fully saturated rings. The molecule has 0 unspecified atom stereocenters. The first-order chi connectivity index (χ1) is 10.3. The molecule has 2 N–H and O–H groups in total. The monoisotopic (exact) mass is 281 g/mol. The Morgan fingerprint density at radius 2 is 1.95 bits per heavy atom. The molecule has 2 heterocycles. The second-order valence-electron chi connectivity index (χ2n) is 5.05. The van der Waals surface area contributed by atoms with E-state index in [0.29, 0.717) is 0 Å². The molecule has 0 atom stereocenters. The summed E-state index contributed by atoms with van der Waals surface area (Å²) in [5.74, 6) is 0. The molecule has 0 bridgehead atoms. The van der Waals surface area contributed by atoms with Gasteiger partial charge in [-0.1, -0.05) is 12.1 Å². The summed E-state index contributed by atoms with van der Waals surface area (Å²) >= 11 is 0. The van der Waals surface area contributed by atoms with Crippen LogP contribution in [0.15, 0.2) is 49.2 Å². The van der Waals surface area contributed by atoms with E-state index in [1.54, 1.807) is 0 Å². The number of nitrogens with two attached hydrogens (primary N) is 1. The van der Waals surface area contributed by atoms with Crippen molar-refractivity contribution in [2.75, 3.05) is 5.73 Å². The molecule has 0 amide bonds. The second kappa shape index (κ2) is 5.83. The van der Waals surface area contributed by atoms with Crippen molar-refractivity contribution in [2.24, 2.45) is 0 Å². The number of anilines is 1. The maximum atomic E-state index is 5.71. The lowest BCUT2D eigenvalue weighted by molar-refractivity contribution is 0.659. The number of benzene rings is 1. The van der Waals surface area contributed by atoms with Crippen LogP contribution in [0.2, 0.25) is 0 Å². The van der Waals surface area contributed by atoms with Crippen LogP contribution in [-0.2, 0) is 19.5 Å². The van der Waals surface area contributed by atoms with E-state index in [0.717, 1.165) is 36.5 Å². The van der Waals surface area contributed by atoms with Crippen molar-refractivity contribution >= 4 is 5.69 Å². The van der Waals surface area contributed by atoms with Crippen molar-refractivity contribution in [3.05, 3.63) is 54.7 Å². The molecule has 108 valence electrons. The Morgan fingerprint density at radius 1 is 1.14 bits per heavy atom. The van der Waals surface area contributed by atoms with Gasteiger partial charge in [-0.05, 0) is 31.0 Å². The van der Waals surface area contributed by atoms with Gasteiger partial charge in [0.1, 0.15) is 0 Å². The van der Waals surface area contributed by atoms with E-state index in [-0.39, 0.29) is 0 Å². The highest BCUT2D eigenvalue weighted by Crippen LogP contribution is 2.19. The van der Waals surface area contributed by atoms with Gasteiger partial charge in [0.15, 0.2) is 0 Å². The van der Waals surface area contributed by atoms with Crippen LogP contribution in [0.25, 0.3) is 11.3 Å². The summed E-state index contributed by atoms with van der Waals surface area (Å²) in [6.45, 7) is 3.84. The number of hydrogen-bond donors (Lipinski definition) is 1. The Kier molecular flexibility index (Phi) is 3.73. The number of aromatic nitrogens is 4. The molecule has 5 heteroatoms. The first-order valence-corrected chi connectivity index (χ1v) is 7.13. The largest absolute Gasteiger partial charge is 0.399 e. The van der Waals surface area contributed by atoms with Gasteiger partial charge in [0.2, 0.25) is 0 Å². The fourth-order valence-corrected chi connectivity index (χ4v) is 2.34. The van der Waals surface area contributed by atoms with E-state index >= 15 is 0 Å². The Labute approximate surface area is 124 Å². The van der Waals surface area contributed by atoms with E-state index in [4.69, 9.17) is 5.73 Å². The van der Waals surface area contributed by atoms with Gasteiger partial charge < -0.3 is 10.3 Å². The summed E-state index contributed by atoms with van der Waals surface area (Å²) in [4.78, 5) is 4.27. The maximum Gasteiger partial charge on any atom is 0.0951 e. The third-order valence-corrected chi connectivity index (χ3v) is 3.59. The molecular formula is C16H19N5. The lowest BCUT2D eigenvalue weighted by atomic mass is 10.1. The Morgan fingerprint density at radius 3 is 2.67 bits per heavy atom. The van der Waals surface area contributed by atoms with Gasteiger partial charge >= 0.3 is 0 Å². The normalized spacial score (nSPS) is 10.9. The molecule has 0 aliphatic heterocycles. The average Bonchev–Trinajstić information content (AvgIpc) is 3.15. The molecule has 21 heavy (non-hydrogen) atoms. The lowest BCUT2D eigenvalue weighted by Crippen LogP contribution is -2.02. The Balaban J connectivity index is 1.74. The van der Waals surface area contributed by atoms with Crippen molar-refractivity contribution in [1.82, 2.24) is 19.3 Å². The lowest BCUT2D eigenvalue weighted by Gasteiger charge is -2.07. The summed E-state index contributed by atoms with van der Waals surface area (Å²) in [5, 5.41) is 4.32. The van der Waals surface area contributed by atoms with Crippen LogP contribution in [-0.4, -0.2) is 19.3 Å². The molecule has 0 radical (unpaired) electrons. The number of hydrogen-bond acceptors (Lipinski definition) is 3. The van der Waals surface area contributed by atoms with Crippen LogP contribution in [0.4, 0.5) is 5.69 Å². The van der Waals surface area contributed by atoms with E-state index in [2.05, 4.69) is 39.9 Å². The van der Waals surface area contributed by atoms with Gasteiger partial charge in [-0.15, -0.1) is 0 Å². The Bertz CT molecular complexity index is 708. The molecular weight excluding hydrogens is 262 g/mol. The highest BCUT2D eigenvalue weighted by atomic mass is 15.3. The van der Waals surface area contributed by atoms with Gasteiger partial charge in [0.05, 0.1) is 24.4 Å². The van der Waals surface area contributed by atoms with Crippen LogP contribution in [0.5, 0.6) is 0 Å². The van der Waals surface area contributed by atoms with Crippen LogP contribution >= 0.6 is 0 Å². The number of nitrogen functional groups attached to an aromatic ring is 1. The van der Waals surface area contributed by atoms with Gasteiger partial charge in [-0.25, -0.2) is 4.98 Å². The van der Waals surface area contributed by atoms with Crippen molar-refractivity contribution < 1.29 is 0 Å². The molecule has 0 saturated carbocycles. The highest BCUT2D eigenvalue weighted by molar-refractivity contribution is 5.56. The summed E-state index contributed by atoms with van der Waals surface area (Å²) < 4.78 is 4.08. The number of nitrogens with zero attached hydrogens (tertiary/aromatic N) is 4. The fraction of sp³-hybridized carbons (Fsp3) is 0.250. The van der Waals surface area contributed by atoms with Crippen LogP contribution in [0.3, 0.4) is 0 Å². The van der Waals surface area contributed by atoms with Crippen molar-refractivity contribution in [3.8, 4) is 11.3 Å². The minimum Gasteiger partial charge on any atom is -0.399 e. The van der Waals surface area contributed by atoms with Gasteiger partial charge in [-0.2, -0.15) is 5.10 Å². The second-order valence-corrected chi connectivity index (χ2v) is 5.05. The molecule has 5 nitrogen and oxygen atoms in total. The summed E-state index contributed by atoms with van der Waals surface area (Å²) in [6.07, 6.45) is 8.65. The summed E-state index contributed by atoms with van der Waals surface area (Å²) in [5.41, 5.74) is 9.99.